The molecule has 22 nitrogen and oxygen atoms in total. The molecule has 2 saturated heterocycles. The van der Waals surface area contributed by atoms with Crippen LogP contribution in [0.4, 0.5) is 9.59 Å². The van der Waals surface area contributed by atoms with E-state index in [4.69, 9.17) is 34.2 Å². The first-order valence-electron chi connectivity index (χ1n) is 17.7. The molecule has 14 N–H and O–H groups in total. The van der Waals surface area contributed by atoms with Crippen molar-refractivity contribution in [3.8, 4) is 0 Å². The Kier molecular flexibility index (Phi) is 15.8. The smallest absolute Gasteiger partial charge is 0.407 e. The molecule has 0 spiro atoms. The van der Waals surface area contributed by atoms with E-state index in [-0.39, 0.29) is 19.6 Å². The van der Waals surface area contributed by atoms with E-state index in [1.165, 1.54) is 14.0 Å². The normalized spacial score (nSPS) is 38.2. The summed E-state index contributed by atoms with van der Waals surface area (Å²) in [6.07, 6.45) is -19.6. The van der Waals surface area contributed by atoms with Gasteiger partial charge in [0.2, 0.25) is 0 Å². The van der Waals surface area contributed by atoms with Gasteiger partial charge in [0, 0.05) is 12.6 Å². The van der Waals surface area contributed by atoms with Crippen LogP contribution in [0.1, 0.15) is 54.9 Å². The third kappa shape index (κ3) is 12.5. The fourth-order valence-corrected chi connectivity index (χ4v) is 6.14. The number of aliphatic hydroxyl groups is 7. The van der Waals surface area contributed by atoms with Crippen molar-refractivity contribution in [3.63, 3.8) is 0 Å². The van der Waals surface area contributed by atoms with Crippen LogP contribution in [-0.4, -0.2) is 183 Å². The molecule has 15 atom stereocenters. The van der Waals surface area contributed by atoms with Gasteiger partial charge >= 0.3 is 12.2 Å². The van der Waals surface area contributed by atoms with Gasteiger partial charge in [-0.1, -0.05) is 0 Å². The van der Waals surface area contributed by atoms with Crippen LogP contribution < -0.4 is 32.5 Å². The highest BCUT2D eigenvalue weighted by Gasteiger charge is 2.53. The lowest BCUT2D eigenvalue weighted by molar-refractivity contribution is -0.331. The largest absolute Gasteiger partial charge is 0.444 e. The fraction of sp³-hybridized carbons (Fsp3) is 0.906. The minimum atomic E-state index is -1.86. The number of amides is 3. The third-order valence-electron chi connectivity index (χ3n) is 8.78. The summed E-state index contributed by atoms with van der Waals surface area (Å²) < 4.78 is 33.6. The highest BCUT2D eigenvalue weighted by atomic mass is 16.7. The lowest BCUT2D eigenvalue weighted by Gasteiger charge is -2.49. The minimum absolute atomic E-state index is 0.146. The Hall–Kier alpha value is -2.55. The molecular formula is C32H60N6O16. The number of hydrogen-bond donors (Lipinski definition) is 13. The van der Waals surface area contributed by atoms with Crippen LogP contribution in [0.3, 0.4) is 0 Å². The number of ether oxygens (including phenoxy) is 6. The highest BCUT2D eigenvalue weighted by Crippen LogP contribution is 2.32. The number of nitrogens with one attached hydrogen (secondary N) is 5. The molecule has 0 radical (unpaired) electrons. The van der Waals surface area contributed by atoms with Gasteiger partial charge in [0.05, 0.1) is 25.2 Å². The van der Waals surface area contributed by atoms with Crippen LogP contribution in [0.25, 0.3) is 0 Å². The van der Waals surface area contributed by atoms with Gasteiger partial charge in [-0.05, 0) is 61.9 Å². The van der Waals surface area contributed by atoms with Crippen LogP contribution in [0.15, 0.2) is 0 Å². The zero-order valence-electron chi connectivity index (χ0n) is 31.8. The van der Waals surface area contributed by atoms with Crippen LogP contribution in [0, 0.1) is 0 Å². The van der Waals surface area contributed by atoms with E-state index in [1.54, 1.807) is 41.5 Å². The Morgan fingerprint density at radius 2 is 1.43 bits per heavy atom. The number of hydrogen-bond acceptors (Lipinski definition) is 19. The maximum absolute atomic E-state index is 12.8. The van der Waals surface area contributed by atoms with E-state index < -0.39 is 127 Å². The summed E-state index contributed by atoms with van der Waals surface area (Å²) in [5.74, 6) is -0.996. The van der Waals surface area contributed by atoms with Crippen LogP contribution in [-0.2, 0) is 33.2 Å². The van der Waals surface area contributed by atoms with E-state index in [0.717, 1.165) is 0 Å². The zero-order chi connectivity index (χ0) is 40.9. The summed E-state index contributed by atoms with van der Waals surface area (Å²) >= 11 is 0. The quantitative estimate of drug-likeness (QED) is 0.0825. The van der Waals surface area contributed by atoms with E-state index in [0.29, 0.717) is 0 Å². The average Bonchev–Trinajstić information content (AvgIpc) is 3.04. The van der Waals surface area contributed by atoms with Gasteiger partial charge in [0.25, 0.3) is 5.91 Å². The Labute approximate surface area is 313 Å². The standard InChI is InChI=1S/C32H60N6O16/c1-30(2,3)53-28(46)35-10-15(39)25(45)38-37-14-9-13(33)22(20(43)23(14)52-26-21(44)24(34-8)32(7,48)12-49-26)51-27-19(42)18(41)17(40)16(50-27)11-36-29(47)54-31(4,5)6/h13-24,26-27,34,37,39-44,48H,9-12,33H2,1-8H3,(H,35,46)(H,36,47)(H,38,45)/t13-,14+,15-,16+,17+,18-,19+,20-,21+,22+,23-,24+,26+,27+,32-/m0/s1. The SMILES string of the molecule is CN[C@@H]1[C@@H](O)[C@@H](O[C@@H]2[C@@H](O)[C@H](O[C@H]3O[C@H](CNC(=O)OC(C)(C)C)[C@@H](O)[C@H](O)[C@H]3O)[C@@H](N)C[C@H]2NNC(=O)[C@@H](O)CNC(=O)OC(C)(C)C)OC[C@]1(C)O. The summed E-state index contributed by atoms with van der Waals surface area (Å²) in [6, 6.07) is -3.13. The molecule has 22 heteroatoms. The van der Waals surface area contributed by atoms with E-state index >= 15 is 0 Å². The number of carbonyl (C=O) groups excluding carboxylic acids is 3. The molecule has 54 heavy (non-hydrogen) atoms. The number of nitrogens with two attached hydrogens (primary N) is 1. The van der Waals surface area contributed by atoms with Gasteiger partial charge < -0.3 is 85.9 Å². The van der Waals surface area contributed by atoms with E-state index in [1.807, 2.05) is 0 Å². The summed E-state index contributed by atoms with van der Waals surface area (Å²) in [5, 5.41) is 83.3. The molecule has 0 bridgehead atoms. The summed E-state index contributed by atoms with van der Waals surface area (Å²) in [4.78, 5) is 36.9. The second-order valence-corrected chi connectivity index (χ2v) is 15.9. The van der Waals surface area contributed by atoms with Gasteiger partial charge in [-0.25, -0.2) is 15.0 Å². The predicted molar refractivity (Wildman–Crippen MR) is 184 cm³/mol. The van der Waals surface area contributed by atoms with Crippen molar-refractivity contribution >= 4 is 18.1 Å². The molecule has 2 aliphatic heterocycles. The number of carbonyl (C=O) groups is 3. The lowest BCUT2D eigenvalue weighted by atomic mass is 9.83. The molecule has 0 aromatic rings. The molecule has 3 fully saturated rings. The van der Waals surface area contributed by atoms with Crippen molar-refractivity contribution < 1.29 is 78.6 Å². The van der Waals surface area contributed by atoms with Crippen molar-refractivity contribution in [1.29, 1.82) is 0 Å². The Morgan fingerprint density at radius 1 is 0.852 bits per heavy atom. The first-order valence-corrected chi connectivity index (χ1v) is 17.7. The molecule has 3 aliphatic rings. The van der Waals surface area contributed by atoms with Gasteiger partial charge in [-0.3, -0.25) is 10.2 Å². The predicted octanol–water partition coefficient (Wildman–Crippen LogP) is -4.89. The molecule has 3 amide bonds. The summed E-state index contributed by atoms with van der Waals surface area (Å²) in [7, 11) is 1.50. The lowest BCUT2D eigenvalue weighted by Crippen LogP contribution is -2.70. The first-order chi connectivity index (χ1) is 24.8. The second-order valence-electron chi connectivity index (χ2n) is 15.9. The van der Waals surface area contributed by atoms with E-state index in [2.05, 4.69) is 26.8 Å². The molecule has 1 aliphatic carbocycles. The molecule has 0 aromatic carbocycles. The number of alkyl carbamates (subject to hydrolysis) is 2. The van der Waals surface area contributed by atoms with Gasteiger partial charge in [-0.15, -0.1) is 0 Å². The van der Waals surface area contributed by atoms with Crippen molar-refractivity contribution in [2.45, 2.75) is 157 Å². The molecular weight excluding hydrogens is 724 g/mol. The maximum Gasteiger partial charge on any atom is 0.407 e. The molecule has 0 unspecified atom stereocenters. The second kappa shape index (κ2) is 18.6. The highest BCUT2D eigenvalue weighted by molar-refractivity contribution is 5.81. The maximum atomic E-state index is 12.8. The zero-order valence-corrected chi connectivity index (χ0v) is 31.8. The molecule has 2 heterocycles. The summed E-state index contributed by atoms with van der Waals surface area (Å²) in [6.45, 7) is 10.1. The third-order valence-corrected chi connectivity index (χ3v) is 8.78. The summed E-state index contributed by atoms with van der Waals surface area (Å²) in [5.41, 5.74) is 8.19. The number of likely N-dealkylation sites (N-methyl/N-ethyl adjacent to an activating group) is 1. The Balaban J connectivity index is 1.77. The molecule has 1 saturated carbocycles. The fourth-order valence-electron chi connectivity index (χ4n) is 6.14. The minimum Gasteiger partial charge on any atom is -0.444 e. The van der Waals surface area contributed by atoms with Crippen molar-refractivity contribution in [1.82, 2.24) is 26.8 Å². The van der Waals surface area contributed by atoms with Gasteiger partial charge in [0.1, 0.15) is 65.6 Å². The van der Waals surface area contributed by atoms with Crippen molar-refractivity contribution in [3.05, 3.63) is 0 Å². The topological polar surface area (TPSA) is 334 Å². The molecule has 314 valence electrons. The molecule has 3 rings (SSSR count). The Morgan fingerprint density at radius 3 is 2.00 bits per heavy atom. The molecule has 0 aromatic heterocycles. The van der Waals surface area contributed by atoms with E-state index in [9.17, 15) is 50.1 Å². The monoisotopic (exact) mass is 784 g/mol. The van der Waals surface area contributed by atoms with Crippen LogP contribution in [0.2, 0.25) is 0 Å². The van der Waals surface area contributed by atoms with Crippen LogP contribution in [0.5, 0.6) is 0 Å². The van der Waals surface area contributed by atoms with Crippen molar-refractivity contribution in [2.75, 3.05) is 26.7 Å². The number of hydrazine groups is 1. The van der Waals surface area contributed by atoms with Crippen molar-refractivity contribution in [2.24, 2.45) is 5.73 Å². The average molecular weight is 785 g/mol. The van der Waals surface area contributed by atoms with Crippen LogP contribution >= 0.6 is 0 Å². The van der Waals surface area contributed by atoms with Gasteiger partial charge in [0.15, 0.2) is 18.7 Å². The van der Waals surface area contributed by atoms with Gasteiger partial charge in [-0.2, -0.15) is 0 Å². The number of rotatable bonds is 12. The first kappa shape index (κ1) is 45.8. The Bertz CT molecular complexity index is 1250. The number of aliphatic hydroxyl groups excluding tert-OH is 6.